The molecule has 1 fully saturated rings. The van der Waals surface area contributed by atoms with Crippen molar-refractivity contribution in [2.75, 3.05) is 18.5 Å². The number of carbonyl (C=O) groups is 2. The van der Waals surface area contributed by atoms with Crippen LogP contribution in [0.1, 0.15) is 77.8 Å². The van der Waals surface area contributed by atoms with E-state index in [-0.39, 0.29) is 11.9 Å². The van der Waals surface area contributed by atoms with Gasteiger partial charge in [0.25, 0.3) is 0 Å². The molecular formula is C26H33NO4. The summed E-state index contributed by atoms with van der Waals surface area (Å²) in [5.74, 6) is 0.0964. The van der Waals surface area contributed by atoms with E-state index >= 15 is 0 Å². The molecule has 5 nitrogen and oxygen atoms in total. The van der Waals surface area contributed by atoms with Crippen molar-refractivity contribution < 1.29 is 19.1 Å². The number of hydrogen-bond acceptors (Lipinski definition) is 5. The first-order valence-electron chi connectivity index (χ1n) is 11.4. The maximum Gasteiger partial charge on any atom is 0.338 e. The first-order valence-corrected chi connectivity index (χ1v) is 11.4. The Bertz CT molecular complexity index is 869. The van der Waals surface area contributed by atoms with Gasteiger partial charge in [0.1, 0.15) is 0 Å². The zero-order chi connectivity index (χ0) is 22.1. The predicted molar refractivity (Wildman–Crippen MR) is 122 cm³/mol. The van der Waals surface area contributed by atoms with Crippen LogP contribution in [0.25, 0.3) is 0 Å². The maximum absolute atomic E-state index is 12.2. The topological polar surface area (TPSA) is 64.6 Å². The predicted octanol–water partition coefficient (Wildman–Crippen LogP) is 5.77. The molecule has 0 amide bonds. The number of esters is 2. The summed E-state index contributed by atoms with van der Waals surface area (Å²) >= 11 is 0. The second-order valence-electron chi connectivity index (χ2n) is 8.07. The molecule has 3 rings (SSSR count). The average Bonchev–Trinajstić information content (AvgIpc) is 2.79. The van der Waals surface area contributed by atoms with Crippen LogP contribution < -0.4 is 5.32 Å². The molecule has 1 aliphatic rings. The second kappa shape index (κ2) is 11.5. The number of benzene rings is 2. The number of carbonyl (C=O) groups excluding carboxylic acids is 2. The van der Waals surface area contributed by atoms with E-state index in [2.05, 4.69) is 11.4 Å². The van der Waals surface area contributed by atoms with Gasteiger partial charge in [-0.3, -0.25) is 0 Å². The van der Waals surface area contributed by atoms with Crippen molar-refractivity contribution in [1.29, 1.82) is 0 Å². The van der Waals surface area contributed by atoms with Gasteiger partial charge in [0.15, 0.2) is 0 Å². The number of ether oxygens (including phenoxy) is 2. The largest absolute Gasteiger partial charge is 0.462 e. The fraction of sp³-hybridized carbons (Fsp3) is 0.462. The normalized spacial score (nSPS) is 14.1. The molecule has 0 bridgehead atoms. The minimum atomic E-state index is -0.307. The van der Waals surface area contributed by atoms with Gasteiger partial charge >= 0.3 is 11.9 Å². The smallest absolute Gasteiger partial charge is 0.338 e. The fourth-order valence-corrected chi connectivity index (χ4v) is 4.13. The summed E-state index contributed by atoms with van der Waals surface area (Å²) in [5.41, 5.74) is 4.38. The highest BCUT2D eigenvalue weighted by Gasteiger charge is 2.17. The maximum atomic E-state index is 12.2. The van der Waals surface area contributed by atoms with Crippen LogP contribution in [0.3, 0.4) is 0 Å². The van der Waals surface area contributed by atoms with Crippen LogP contribution in [-0.4, -0.2) is 25.2 Å². The molecule has 2 aromatic rings. The average molecular weight is 424 g/mol. The van der Waals surface area contributed by atoms with Crippen molar-refractivity contribution in [3.05, 3.63) is 64.7 Å². The minimum absolute atomic E-state index is 0.298. The quantitative estimate of drug-likeness (QED) is 0.518. The van der Waals surface area contributed by atoms with Gasteiger partial charge in [-0.1, -0.05) is 50.3 Å². The summed E-state index contributed by atoms with van der Waals surface area (Å²) < 4.78 is 10.2. The molecule has 2 aromatic carbocycles. The van der Waals surface area contributed by atoms with E-state index in [4.69, 9.17) is 9.47 Å². The van der Waals surface area contributed by atoms with Gasteiger partial charge < -0.3 is 14.8 Å². The number of rotatable bonds is 9. The lowest BCUT2D eigenvalue weighted by molar-refractivity contribution is 0.0517. The van der Waals surface area contributed by atoms with Gasteiger partial charge in [0.2, 0.25) is 0 Å². The first-order chi connectivity index (χ1) is 15.1. The summed E-state index contributed by atoms with van der Waals surface area (Å²) in [7, 11) is 0. The van der Waals surface area contributed by atoms with E-state index in [1.165, 1.54) is 37.7 Å². The summed E-state index contributed by atoms with van der Waals surface area (Å²) in [6.07, 6.45) is 7.52. The van der Waals surface area contributed by atoms with Crippen LogP contribution in [0.2, 0.25) is 0 Å². The van der Waals surface area contributed by atoms with Gasteiger partial charge in [-0.05, 0) is 61.6 Å². The second-order valence-corrected chi connectivity index (χ2v) is 8.07. The number of hydrogen-bond donors (Lipinski definition) is 1. The molecule has 0 heterocycles. The summed E-state index contributed by atoms with van der Waals surface area (Å²) in [5, 5.41) is 3.51. The summed E-state index contributed by atoms with van der Waals surface area (Å²) in [6, 6.07) is 13.3. The molecule has 0 aromatic heterocycles. The number of nitrogens with one attached hydrogen (secondary N) is 1. The Balaban J connectivity index is 1.73. The standard InChI is InChI=1S/C26H33NO4/c1-3-30-25(28)21-12-10-20(11-13-21)18-27-24-17-23(26(29)31-4-2)15-14-22(24)16-19-8-6-5-7-9-19/h10-15,17,19,27H,3-9,16,18H2,1-2H3. The van der Waals surface area contributed by atoms with Gasteiger partial charge in [-0.15, -0.1) is 0 Å². The molecule has 0 radical (unpaired) electrons. The highest BCUT2D eigenvalue weighted by molar-refractivity contribution is 5.91. The van der Waals surface area contributed by atoms with Crippen LogP contribution in [-0.2, 0) is 22.4 Å². The molecule has 0 aliphatic heterocycles. The molecule has 5 heteroatoms. The van der Waals surface area contributed by atoms with Gasteiger partial charge in [0, 0.05) is 12.2 Å². The molecule has 0 saturated heterocycles. The first kappa shape index (κ1) is 22.9. The lowest BCUT2D eigenvalue weighted by Crippen LogP contribution is -2.13. The molecule has 1 saturated carbocycles. The van der Waals surface area contributed by atoms with E-state index in [0.29, 0.717) is 36.8 Å². The van der Waals surface area contributed by atoms with Gasteiger partial charge in [-0.2, -0.15) is 0 Å². The molecule has 31 heavy (non-hydrogen) atoms. The van der Waals surface area contributed by atoms with Crippen LogP contribution in [0.15, 0.2) is 42.5 Å². The van der Waals surface area contributed by atoms with Crippen LogP contribution in [0.4, 0.5) is 5.69 Å². The lowest BCUT2D eigenvalue weighted by atomic mass is 9.84. The SMILES string of the molecule is CCOC(=O)c1ccc(CNc2cc(C(=O)OCC)ccc2CC2CCCCC2)cc1. The van der Waals surface area contributed by atoms with E-state index in [1.54, 1.807) is 19.1 Å². The van der Waals surface area contributed by atoms with Crippen LogP contribution in [0, 0.1) is 5.92 Å². The molecule has 0 spiro atoms. The monoisotopic (exact) mass is 423 g/mol. The Labute approximate surface area is 185 Å². The lowest BCUT2D eigenvalue weighted by Gasteiger charge is -2.23. The Morgan fingerprint density at radius 3 is 2.13 bits per heavy atom. The zero-order valence-corrected chi connectivity index (χ0v) is 18.6. The van der Waals surface area contributed by atoms with Crippen molar-refractivity contribution in [2.24, 2.45) is 5.92 Å². The van der Waals surface area contributed by atoms with Crippen molar-refractivity contribution in [2.45, 2.75) is 58.9 Å². The van der Waals surface area contributed by atoms with Crippen molar-refractivity contribution in [1.82, 2.24) is 0 Å². The Hall–Kier alpha value is -2.82. The van der Waals surface area contributed by atoms with Crippen molar-refractivity contribution >= 4 is 17.6 Å². The highest BCUT2D eigenvalue weighted by atomic mass is 16.5. The Kier molecular flexibility index (Phi) is 8.51. The van der Waals surface area contributed by atoms with E-state index in [0.717, 1.165) is 17.7 Å². The highest BCUT2D eigenvalue weighted by Crippen LogP contribution is 2.30. The zero-order valence-electron chi connectivity index (χ0n) is 18.6. The van der Waals surface area contributed by atoms with Crippen LogP contribution in [0.5, 0.6) is 0 Å². The summed E-state index contributed by atoms with van der Waals surface area (Å²) in [6.45, 7) is 4.94. The Morgan fingerprint density at radius 1 is 0.871 bits per heavy atom. The van der Waals surface area contributed by atoms with Crippen molar-refractivity contribution in [3.63, 3.8) is 0 Å². The molecule has 1 aliphatic carbocycles. The third-order valence-electron chi connectivity index (χ3n) is 5.80. The fourth-order valence-electron chi connectivity index (χ4n) is 4.13. The summed E-state index contributed by atoms with van der Waals surface area (Å²) in [4.78, 5) is 24.1. The van der Waals surface area contributed by atoms with Gasteiger partial charge in [-0.25, -0.2) is 9.59 Å². The third kappa shape index (κ3) is 6.58. The van der Waals surface area contributed by atoms with Crippen molar-refractivity contribution in [3.8, 4) is 0 Å². The van der Waals surface area contributed by atoms with Crippen LogP contribution >= 0.6 is 0 Å². The molecule has 0 atom stereocenters. The molecule has 1 N–H and O–H groups in total. The van der Waals surface area contributed by atoms with E-state index in [1.807, 2.05) is 31.2 Å². The van der Waals surface area contributed by atoms with E-state index in [9.17, 15) is 9.59 Å². The Morgan fingerprint density at radius 2 is 1.48 bits per heavy atom. The van der Waals surface area contributed by atoms with E-state index < -0.39 is 0 Å². The minimum Gasteiger partial charge on any atom is -0.462 e. The molecule has 166 valence electrons. The number of anilines is 1. The van der Waals surface area contributed by atoms with Gasteiger partial charge in [0.05, 0.1) is 24.3 Å². The third-order valence-corrected chi connectivity index (χ3v) is 5.80. The molecule has 0 unspecified atom stereocenters. The molecular weight excluding hydrogens is 390 g/mol.